The smallest absolute Gasteiger partial charge is 0.462 e. The summed E-state index contributed by atoms with van der Waals surface area (Å²) in [6, 6.07) is 0. The van der Waals surface area contributed by atoms with Gasteiger partial charge in [0.2, 0.25) is 0 Å². The highest BCUT2D eigenvalue weighted by atomic mass is 31.2. The van der Waals surface area contributed by atoms with Crippen LogP contribution in [0.3, 0.4) is 0 Å². The number of rotatable bonds is 57. The first kappa shape index (κ1) is 71.4. The van der Waals surface area contributed by atoms with Gasteiger partial charge in [-0.05, 0) is 77.0 Å². The Kier molecular flexibility index (Phi) is 54.7. The molecular weight excluding hydrogens is 952 g/mol. The van der Waals surface area contributed by atoms with Crippen LogP contribution in [-0.2, 0) is 42.2 Å². The highest BCUT2D eigenvalue weighted by Gasteiger charge is 2.28. The molecule has 3 unspecified atom stereocenters. The van der Waals surface area contributed by atoms with Crippen LogP contribution in [0.25, 0.3) is 0 Å². The fourth-order valence-corrected chi connectivity index (χ4v) is 9.33. The lowest BCUT2D eigenvalue weighted by atomic mass is 10.0. The molecule has 0 aromatic rings. The Balaban J connectivity index is 4.70. The number of phosphoric acid groups is 1. The second-order valence-electron chi connectivity index (χ2n) is 20.5. The Bertz CT molecular complexity index is 1430. The van der Waals surface area contributed by atoms with Crippen LogP contribution in [0.15, 0.2) is 48.6 Å². The predicted octanol–water partition coefficient (Wildman–Crippen LogP) is 18.1. The number of carbonyl (C=O) groups excluding carboxylic acids is 3. The standard InChI is InChI=1S/C62H113O11P/c1-4-7-10-13-16-19-22-25-27-28-29-30-32-35-38-41-44-47-50-53-62(66)73-59(55-69-60(64)51-48-45-42-39-36-34-31-26-23-20-17-14-11-8-5-2)57-71-74(67,68)70-56-58(54-63)72-61(65)52-49-46-43-40-37-33-24-21-18-15-12-9-6-3/h12,15-16,19,21,24-25,27,58-59,63H,4-11,13-14,17-18,20,22-23,26,28-57H2,1-3H3,(H,67,68)/b15-12-,19-16-,24-21-,27-25-. The molecule has 0 spiro atoms. The molecule has 0 rings (SSSR count). The number of hydrogen-bond acceptors (Lipinski definition) is 10. The Morgan fingerprint density at radius 2 is 0.689 bits per heavy atom. The number of carbonyl (C=O) groups is 3. The quantitative estimate of drug-likeness (QED) is 0.0197. The van der Waals surface area contributed by atoms with Gasteiger partial charge >= 0.3 is 25.7 Å². The van der Waals surface area contributed by atoms with E-state index in [0.717, 1.165) is 96.3 Å². The first-order valence-electron chi connectivity index (χ1n) is 30.5. The number of unbranched alkanes of at least 4 members (excludes halogenated alkanes) is 32. The minimum Gasteiger partial charge on any atom is -0.462 e. The van der Waals surface area contributed by atoms with Crippen LogP contribution in [-0.4, -0.2) is 66.5 Å². The fraction of sp³-hybridized carbons (Fsp3) is 0.823. The third-order valence-electron chi connectivity index (χ3n) is 13.2. The maximum absolute atomic E-state index is 12.9. The fourth-order valence-electron chi connectivity index (χ4n) is 8.54. The molecule has 0 fully saturated rings. The van der Waals surface area contributed by atoms with Crippen molar-refractivity contribution >= 4 is 25.7 Å². The van der Waals surface area contributed by atoms with E-state index in [0.29, 0.717) is 19.3 Å². The number of ether oxygens (including phenoxy) is 3. The van der Waals surface area contributed by atoms with E-state index in [1.807, 2.05) is 0 Å². The second kappa shape index (κ2) is 56.6. The Morgan fingerprint density at radius 3 is 1.08 bits per heavy atom. The summed E-state index contributed by atoms with van der Waals surface area (Å²) in [6.45, 7) is 4.58. The van der Waals surface area contributed by atoms with Crippen molar-refractivity contribution in [3.8, 4) is 0 Å². The number of allylic oxidation sites excluding steroid dienone is 8. The molecule has 0 amide bonds. The molecule has 0 aromatic carbocycles. The molecule has 0 saturated heterocycles. The lowest BCUT2D eigenvalue weighted by Gasteiger charge is -2.21. The van der Waals surface area contributed by atoms with Crippen molar-refractivity contribution < 1.29 is 52.2 Å². The Hall–Kier alpha value is -2.56. The van der Waals surface area contributed by atoms with Crippen LogP contribution in [0.5, 0.6) is 0 Å². The lowest BCUT2D eigenvalue weighted by molar-refractivity contribution is -0.161. The molecule has 0 aromatic heterocycles. The Labute approximate surface area is 453 Å². The average molecular weight is 1070 g/mol. The highest BCUT2D eigenvalue weighted by Crippen LogP contribution is 2.43. The van der Waals surface area contributed by atoms with Gasteiger partial charge < -0.3 is 24.2 Å². The minimum absolute atomic E-state index is 0.162. The van der Waals surface area contributed by atoms with Gasteiger partial charge in [0.25, 0.3) is 0 Å². The van der Waals surface area contributed by atoms with E-state index < -0.39 is 57.8 Å². The van der Waals surface area contributed by atoms with Crippen LogP contribution in [0.4, 0.5) is 0 Å². The molecule has 74 heavy (non-hydrogen) atoms. The predicted molar refractivity (Wildman–Crippen MR) is 307 cm³/mol. The highest BCUT2D eigenvalue weighted by molar-refractivity contribution is 7.47. The first-order valence-corrected chi connectivity index (χ1v) is 32.0. The SMILES string of the molecule is CCC/C=C\C/C=C\CCCCCCCC(=O)OC(CO)COP(=O)(O)OCC(COC(=O)CCCCCCCCCCCCCCCCC)OC(=O)CCCCCCCCCCC/C=C\C/C=C\CCCCC. The van der Waals surface area contributed by atoms with Crippen molar-refractivity contribution in [3.05, 3.63) is 48.6 Å². The van der Waals surface area contributed by atoms with Crippen LogP contribution in [0.2, 0.25) is 0 Å². The number of aliphatic hydroxyl groups is 1. The summed E-state index contributed by atoms with van der Waals surface area (Å²) in [7, 11) is -4.75. The molecule has 0 aliphatic carbocycles. The third-order valence-corrected chi connectivity index (χ3v) is 14.2. The summed E-state index contributed by atoms with van der Waals surface area (Å²) in [6.07, 6.45) is 60.6. The summed E-state index contributed by atoms with van der Waals surface area (Å²) in [5.74, 6) is -1.46. The topological polar surface area (TPSA) is 155 Å². The van der Waals surface area contributed by atoms with Gasteiger partial charge in [-0.2, -0.15) is 0 Å². The summed E-state index contributed by atoms with van der Waals surface area (Å²) in [5.41, 5.74) is 0. The normalized spacial score (nSPS) is 13.6. The van der Waals surface area contributed by atoms with Crippen LogP contribution >= 0.6 is 7.82 Å². The zero-order valence-electron chi connectivity index (χ0n) is 47.8. The van der Waals surface area contributed by atoms with Gasteiger partial charge in [0.1, 0.15) is 12.7 Å². The van der Waals surface area contributed by atoms with Gasteiger partial charge in [0, 0.05) is 19.3 Å². The van der Waals surface area contributed by atoms with Crippen molar-refractivity contribution in [1.82, 2.24) is 0 Å². The van der Waals surface area contributed by atoms with Crippen molar-refractivity contribution in [3.63, 3.8) is 0 Å². The van der Waals surface area contributed by atoms with Crippen LogP contribution in [0, 0.1) is 0 Å². The largest absolute Gasteiger partial charge is 0.472 e. The molecule has 12 heteroatoms. The van der Waals surface area contributed by atoms with Gasteiger partial charge in [-0.3, -0.25) is 23.4 Å². The summed E-state index contributed by atoms with van der Waals surface area (Å²) in [5, 5.41) is 9.81. The first-order chi connectivity index (χ1) is 36.2. The van der Waals surface area contributed by atoms with Crippen molar-refractivity contribution in [1.29, 1.82) is 0 Å². The van der Waals surface area contributed by atoms with E-state index in [4.69, 9.17) is 23.3 Å². The molecule has 0 radical (unpaired) electrons. The summed E-state index contributed by atoms with van der Waals surface area (Å²) >= 11 is 0. The van der Waals surface area contributed by atoms with Crippen LogP contribution < -0.4 is 0 Å². The van der Waals surface area contributed by atoms with Gasteiger partial charge in [-0.15, -0.1) is 0 Å². The molecule has 432 valence electrons. The maximum atomic E-state index is 12.9. The molecule has 0 aliphatic heterocycles. The number of esters is 3. The lowest BCUT2D eigenvalue weighted by Crippen LogP contribution is -2.30. The number of hydrogen-bond donors (Lipinski definition) is 2. The van der Waals surface area contributed by atoms with Crippen molar-refractivity contribution in [2.24, 2.45) is 0 Å². The van der Waals surface area contributed by atoms with Gasteiger partial charge in [0.05, 0.1) is 19.8 Å². The van der Waals surface area contributed by atoms with Gasteiger partial charge in [-0.25, -0.2) is 4.57 Å². The maximum Gasteiger partial charge on any atom is 0.472 e. The van der Waals surface area contributed by atoms with E-state index >= 15 is 0 Å². The molecule has 3 atom stereocenters. The van der Waals surface area contributed by atoms with Crippen molar-refractivity contribution in [2.45, 2.75) is 303 Å². The molecule has 0 aliphatic rings. The van der Waals surface area contributed by atoms with E-state index in [2.05, 4.69) is 69.4 Å². The van der Waals surface area contributed by atoms with Gasteiger partial charge in [-0.1, -0.05) is 243 Å². The average Bonchev–Trinajstić information content (AvgIpc) is 3.39. The number of phosphoric ester groups is 1. The molecular formula is C62H113O11P. The molecule has 0 heterocycles. The minimum atomic E-state index is -4.75. The zero-order valence-corrected chi connectivity index (χ0v) is 48.7. The summed E-state index contributed by atoms with van der Waals surface area (Å²) < 4.78 is 39.6. The third kappa shape index (κ3) is 54.2. The monoisotopic (exact) mass is 1060 g/mol. The summed E-state index contributed by atoms with van der Waals surface area (Å²) in [4.78, 5) is 48.6. The van der Waals surface area contributed by atoms with Crippen molar-refractivity contribution in [2.75, 3.05) is 26.4 Å². The molecule has 2 N–H and O–H groups in total. The molecule has 0 bridgehead atoms. The zero-order chi connectivity index (χ0) is 54.1. The molecule has 0 saturated carbocycles. The van der Waals surface area contributed by atoms with E-state index in [1.165, 1.54) is 135 Å². The molecule has 11 nitrogen and oxygen atoms in total. The Morgan fingerprint density at radius 1 is 0.378 bits per heavy atom. The second-order valence-corrected chi connectivity index (χ2v) is 22.0. The van der Waals surface area contributed by atoms with Crippen LogP contribution in [0.1, 0.15) is 290 Å². The van der Waals surface area contributed by atoms with E-state index in [-0.39, 0.29) is 25.9 Å². The van der Waals surface area contributed by atoms with Gasteiger partial charge in [0.15, 0.2) is 6.10 Å². The number of aliphatic hydroxyl groups excluding tert-OH is 1. The van der Waals surface area contributed by atoms with E-state index in [1.54, 1.807) is 0 Å². The van der Waals surface area contributed by atoms with E-state index in [9.17, 15) is 28.9 Å².